The maximum atomic E-state index is 12.7. The van der Waals surface area contributed by atoms with Crippen molar-refractivity contribution in [1.82, 2.24) is 10.2 Å². The molecule has 1 N–H and O–H groups in total. The molecule has 0 aromatic carbocycles. The number of unbranched alkanes of at least 4 members (excludes halogenated alkanes) is 1. The molecule has 0 saturated carbocycles. The fourth-order valence-electron chi connectivity index (χ4n) is 2.68. The Bertz CT molecular complexity index is 475. The number of aryl methyl sites for hydroxylation is 1. The second-order valence-corrected chi connectivity index (χ2v) is 7.07. The summed E-state index contributed by atoms with van der Waals surface area (Å²) >= 11 is 1.75. The lowest BCUT2D eigenvalue weighted by Gasteiger charge is -2.25. The van der Waals surface area contributed by atoms with Crippen LogP contribution in [0, 0.1) is 6.92 Å². The lowest BCUT2D eigenvalue weighted by molar-refractivity contribution is -0.131. The molecule has 3 atom stereocenters. The smallest absolute Gasteiger partial charge is 0.241 e. The van der Waals surface area contributed by atoms with E-state index in [9.17, 15) is 4.79 Å². The third-order valence-electron chi connectivity index (χ3n) is 3.99. The zero-order valence-electron chi connectivity index (χ0n) is 13.4. The Hall–Kier alpha value is -0.910. The largest absolute Gasteiger partial charge is 0.380 e. The van der Waals surface area contributed by atoms with Crippen molar-refractivity contribution in [3.63, 3.8) is 0 Å². The number of carbonyl (C=O) groups is 1. The van der Waals surface area contributed by atoms with Gasteiger partial charge in [0.15, 0.2) is 0 Å². The van der Waals surface area contributed by atoms with Gasteiger partial charge in [-0.1, -0.05) is 19.8 Å². The molecule has 1 saturated heterocycles. The molecule has 5 heteroatoms. The standard InChI is InChI=1S/C16H26N2O2S/c1-5-6-7-13-16(19)18(10-11(2)20-4)15(17-13)14-9-8-12(3)21-14/h8-9,11,13,15,17H,5-7,10H2,1-4H3. The van der Waals surface area contributed by atoms with E-state index >= 15 is 0 Å². The highest BCUT2D eigenvalue weighted by atomic mass is 32.1. The number of nitrogens with one attached hydrogen (secondary N) is 1. The van der Waals surface area contributed by atoms with Crippen LogP contribution in [0.4, 0.5) is 0 Å². The van der Waals surface area contributed by atoms with Gasteiger partial charge in [0.2, 0.25) is 5.91 Å². The van der Waals surface area contributed by atoms with Crippen molar-refractivity contribution in [3.8, 4) is 0 Å². The minimum absolute atomic E-state index is 0.00402. The van der Waals surface area contributed by atoms with Crippen molar-refractivity contribution in [1.29, 1.82) is 0 Å². The van der Waals surface area contributed by atoms with E-state index in [4.69, 9.17) is 4.74 Å². The summed E-state index contributed by atoms with van der Waals surface area (Å²) in [5.74, 6) is 0.211. The van der Waals surface area contributed by atoms with Crippen LogP contribution in [0.15, 0.2) is 12.1 Å². The van der Waals surface area contributed by atoms with E-state index in [0.717, 1.165) is 19.3 Å². The van der Waals surface area contributed by atoms with Gasteiger partial charge in [-0.15, -0.1) is 11.3 Å². The second kappa shape index (κ2) is 7.38. The molecule has 1 fully saturated rings. The number of hydrogen-bond acceptors (Lipinski definition) is 4. The third kappa shape index (κ3) is 3.84. The molecular weight excluding hydrogens is 284 g/mol. The number of hydrogen-bond donors (Lipinski definition) is 1. The molecule has 3 unspecified atom stereocenters. The molecule has 1 aromatic rings. The number of thiophene rings is 1. The molecule has 1 aliphatic rings. The first-order valence-electron chi connectivity index (χ1n) is 7.72. The molecule has 2 rings (SSSR count). The number of amides is 1. The summed E-state index contributed by atoms with van der Waals surface area (Å²) in [5, 5.41) is 3.52. The van der Waals surface area contributed by atoms with Gasteiger partial charge in [-0.2, -0.15) is 0 Å². The Labute approximate surface area is 131 Å². The molecule has 0 bridgehead atoms. The number of methoxy groups -OCH3 is 1. The minimum Gasteiger partial charge on any atom is -0.380 e. The zero-order valence-corrected chi connectivity index (χ0v) is 14.2. The van der Waals surface area contributed by atoms with Crippen molar-refractivity contribution in [3.05, 3.63) is 21.9 Å². The first kappa shape index (κ1) is 16.5. The van der Waals surface area contributed by atoms with E-state index in [1.165, 1.54) is 9.75 Å². The van der Waals surface area contributed by atoms with E-state index in [1.807, 2.05) is 11.8 Å². The van der Waals surface area contributed by atoms with E-state index in [-0.39, 0.29) is 24.2 Å². The van der Waals surface area contributed by atoms with Gasteiger partial charge < -0.3 is 9.64 Å². The van der Waals surface area contributed by atoms with Crippen molar-refractivity contribution in [2.45, 2.75) is 58.3 Å². The highest BCUT2D eigenvalue weighted by molar-refractivity contribution is 7.12. The Morgan fingerprint density at radius 2 is 2.24 bits per heavy atom. The van der Waals surface area contributed by atoms with Crippen LogP contribution >= 0.6 is 11.3 Å². The van der Waals surface area contributed by atoms with E-state index in [1.54, 1.807) is 18.4 Å². The summed E-state index contributed by atoms with van der Waals surface area (Å²) in [6.07, 6.45) is 3.14. The quantitative estimate of drug-likeness (QED) is 0.841. The summed E-state index contributed by atoms with van der Waals surface area (Å²) in [4.78, 5) is 17.1. The van der Waals surface area contributed by atoms with Crippen LogP contribution in [0.25, 0.3) is 0 Å². The monoisotopic (exact) mass is 310 g/mol. The maximum Gasteiger partial charge on any atom is 0.241 e. The molecule has 0 radical (unpaired) electrons. The molecule has 0 spiro atoms. The Kier molecular flexibility index (Phi) is 5.79. The van der Waals surface area contributed by atoms with Crippen molar-refractivity contribution >= 4 is 17.2 Å². The summed E-state index contributed by atoms with van der Waals surface area (Å²) in [5.41, 5.74) is 0. The van der Waals surface area contributed by atoms with Gasteiger partial charge in [0.05, 0.1) is 12.1 Å². The highest BCUT2D eigenvalue weighted by Crippen LogP contribution is 2.31. The van der Waals surface area contributed by atoms with E-state index < -0.39 is 0 Å². The van der Waals surface area contributed by atoms with Gasteiger partial charge in [-0.3, -0.25) is 10.1 Å². The van der Waals surface area contributed by atoms with Gasteiger partial charge in [-0.25, -0.2) is 0 Å². The molecule has 118 valence electrons. The first-order valence-corrected chi connectivity index (χ1v) is 8.54. The van der Waals surface area contributed by atoms with E-state index in [2.05, 4.69) is 31.3 Å². The van der Waals surface area contributed by atoms with Crippen LogP contribution in [-0.4, -0.2) is 36.6 Å². The predicted octanol–water partition coefficient (Wildman–Crippen LogP) is 3.08. The fraction of sp³-hybridized carbons (Fsp3) is 0.688. The Balaban J connectivity index is 2.16. The second-order valence-electron chi connectivity index (χ2n) is 5.75. The maximum absolute atomic E-state index is 12.7. The Morgan fingerprint density at radius 3 is 2.81 bits per heavy atom. The van der Waals surface area contributed by atoms with Gasteiger partial charge in [-0.05, 0) is 32.4 Å². The molecule has 1 aromatic heterocycles. The average molecular weight is 310 g/mol. The zero-order chi connectivity index (χ0) is 15.4. The topological polar surface area (TPSA) is 41.6 Å². The summed E-state index contributed by atoms with van der Waals surface area (Å²) < 4.78 is 5.35. The number of carbonyl (C=O) groups excluding carboxylic acids is 1. The molecule has 1 aliphatic heterocycles. The van der Waals surface area contributed by atoms with Crippen LogP contribution in [-0.2, 0) is 9.53 Å². The van der Waals surface area contributed by atoms with Gasteiger partial charge in [0, 0.05) is 23.4 Å². The van der Waals surface area contributed by atoms with Crippen LogP contribution in [0.2, 0.25) is 0 Å². The Morgan fingerprint density at radius 1 is 1.48 bits per heavy atom. The van der Waals surface area contributed by atoms with Crippen molar-refractivity contribution < 1.29 is 9.53 Å². The van der Waals surface area contributed by atoms with Crippen LogP contribution in [0.5, 0.6) is 0 Å². The molecule has 21 heavy (non-hydrogen) atoms. The highest BCUT2D eigenvalue weighted by Gasteiger charge is 2.40. The number of nitrogens with zero attached hydrogens (tertiary/aromatic N) is 1. The molecule has 2 heterocycles. The van der Waals surface area contributed by atoms with Crippen molar-refractivity contribution in [2.75, 3.05) is 13.7 Å². The van der Waals surface area contributed by atoms with E-state index in [0.29, 0.717) is 6.54 Å². The fourth-order valence-corrected chi connectivity index (χ4v) is 3.63. The molecular formula is C16H26N2O2S. The summed E-state index contributed by atoms with van der Waals surface area (Å²) in [6, 6.07) is 4.18. The lowest BCUT2D eigenvalue weighted by Crippen LogP contribution is -2.36. The summed E-state index contributed by atoms with van der Waals surface area (Å²) in [6.45, 7) is 6.89. The number of ether oxygens (including phenoxy) is 1. The van der Waals surface area contributed by atoms with Gasteiger partial charge >= 0.3 is 0 Å². The van der Waals surface area contributed by atoms with Crippen LogP contribution in [0.1, 0.15) is 49.0 Å². The number of rotatable bonds is 7. The minimum atomic E-state index is -0.0542. The van der Waals surface area contributed by atoms with Crippen LogP contribution in [0.3, 0.4) is 0 Å². The average Bonchev–Trinajstić information content (AvgIpc) is 3.02. The SMILES string of the molecule is CCCCC1NC(c2ccc(C)s2)N(CC(C)OC)C1=O. The van der Waals surface area contributed by atoms with Gasteiger partial charge in [0.25, 0.3) is 0 Å². The predicted molar refractivity (Wildman–Crippen MR) is 86.4 cm³/mol. The molecule has 1 amide bonds. The van der Waals surface area contributed by atoms with Crippen molar-refractivity contribution in [2.24, 2.45) is 0 Å². The third-order valence-corrected chi connectivity index (χ3v) is 5.04. The summed E-state index contributed by atoms with van der Waals surface area (Å²) in [7, 11) is 1.69. The van der Waals surface area contributed by atoms with Crippen LogP contribution < -0.4 is 5.32 Å². The lowest BCUT2D eigenvalue weighted by atomic mass is 10.1. The normalized spacial score (nSPS) is 23.8. The molecule has 4 nitrogen and oxygen atoms in total. The van der Waals surface area contributed by atoms with Gasteiger partial charge in [0.1, 0.15) is 6.17 Å². The first-order chi connectivity index (χ1) is 10.1. The molecule has 0 aliphatic carbocycles.